The molecule has 0 radical (unpaired) electrons. The summed E-state index contributed by atoms with van der Waals surface area (Å²) >= 11 is 0. The van der Waals surface area contributed by atoms with Gasteiger partial charge in [-0.2, -0.15) is 0 Å². The fourth-order valence-corrected chi connectivity index (χ4v) is 3.97. The third-order valence-electron chi connectivity index (χ3n) is 5.76. The first-order valence-corrected chi connectivity index (χ1v) is 11.5. The van der Waals surface area contributed by atoms with Crippen molar-refractivity contribution in [2.75, 3.05) is 46.3 Å². The molecule has 184 valence electrons. The van der Waals surface area contributed by atoms with Gasteiger partial charge in [0.2, 0.25) is 5.65 Å². The molecule has 4 rings (SSSR count). The molecular weight excluding hydrogens is 448 g/mol. The van der Waals surface area contributed by atoms with Gasteiger partial charge in [0, 0.05) is 18.7 Å². The number of anilines is 1. The molecule has 0 atom stereocenters. The lowest BCUT2D eigenvalue weighted by Gasteiger charge is -2.13. The van der Waals surface area contributed by atoms with Gasteiger partial charge in [-0.25, -0.2) is 4.98 Å². The van der Waals surface area contributed by atoms with Crippen LogP contribution in [-0.2, 0) is 0 Å². The lowest BCUT2D eigenvalue weighted by molar-refractivity contribution is 0.0988. The molecule has 0 fully saturated rings. The Kier molecular flexibility index (Phi) is 7.61. The van der Waals surface area contributed by atoms with Gasteiger partial charge in [-0.15, -0.1) is 10.2 Å². The van der Waals surface area contributed by atoms with Crippen LogP contribution in [-0.4, -0.2) is 66.3 Å². The van der Waals surface area contributed by atoms with Crippen molar-refractivity contribution in [3.05, 3.63) is 47.8 Å². The summed E-state index contributed by atoms with van der Waals surface area (Å²) in [6.07, 6.45) is 1.79. The summed E-state index contributed by atoms with van der Waals surface area (Å²) in [6, 6.07) is 11.0. The molecule has 0 spiro atoms. The van der Waals surface area contributed by atoms with Crippen molar-refractivity contribution in [1.29, 1.82) is 0 Å². The number of hydrogen-bond donors (Lipinski definition) is 2. The standard InChI is InChI=1S/C25H30N6O4/c1-16-29-30-25-24(28-18-13-22(34-3)23(35-4)14-19(18)31(16)25)27-12-8-7-11-26-15-20(32)17-9-5-6-10-21(17)33-2/h5-6,9-10,13-14,26H,7-8,11-12,15H2,1-4H3,(H,27,28). The lowest BCUT2D eigenvalue weighted by Crippen LogP contribution is -2.24. The highest BCUT2D eigenvalue weighted by molar-refractivity contribution is 6.00. The maximum Gasteiger partial charge on any atom is 0.204 e. The number of unbranched alkanes of at least 4 members (excludes halogenated alkanes) is 1. The summed E-state index contributed by atoms with van der Waals surface area (Å²) in [6.45, 7) is 3.60. The predicted molar refractivity (Wildman–Crippen MR) is 134 cm³/mol. The summed E-state index contributed by atoms with van der Waals surface area (Å²) in [5.74, 6) is 3.25. The highest BCUT2D eigenvalue weighted by Crippen LogP contribution is 2.33. The van der Waals surface area contributed by atoms with Crippen LogP contribution in [0.25, 0.3) is 16.7 Å². The van der Waals surface area contributed by atoms with Gasteiger partial charge < -0.3 is 24.8 Å². The number of hydrogen-bond acceptors (Lipinski definition) is 9. The second-order valence-electron chi connectivity index (χ2n) is 8.00. The van der Waals surface area contributed by atoms with Crippen molar-refractivity contribution in [3.63, 3.8) is 0 Å². The van der Waals surface area contributed by atoms with E-state index in [-0.39, 0.29) is 12.3 Å². The topological polar surface area (TPSA) is 112 Å². The number of aromatic nitrogens is 4. The molecule has 0 unspecified atom stereocenters. The van der Waals surface area contributed by atoms with Gasteiger partial charge in [0.25, 0.3) is 0 Å². The summed E-state index contributed by atoms with van der Waals surface area (Å²) in [4.78, 5) is 17.2. The molecular formula is C25H30N6O4. The van der Waals surface area contributed by atoms with Crippen molar-refractivity contribution >= 4 is 28.3 Å². The number of aryl methyl sites for hydroxylation is 1. The highest BCUT2D eigenvalue weighted by Gasteiger charge is 2.16. The van der Waals surface area contributed by atoms with Gasteiger partial charge >= 0.3 is 0 Å². The van der Waals surface area contributed by atoms with Crippen molar-refractivity contribution in [2.45, 2.75) is 19.8 Å². The number of fused-ring (bicyclic) bond motifs is 3. The number of ketones is 1. The molecule has 0 aliphatic heterocycles. The SMILES string of the molecule is COc1cc2nc(NCCCCNCC(=O)c3ccccc3OC)c3nnc(C)n3c2cc1OC. The Bertz CT molecular complexity index is 1340. The van der Waals surface area contributed by atoms with Gasteiger partial charge in [0.1, 0.15) is 11.6 Å². The Balaban J connectivity index is 1.35. The number of para-hydroxylation sites is 1. The maximum absolute atomic E-state index is 12.4. The Morgan fingerprint density at radius 2 is 1.66 bits per heavy atom. The van der Waals surface area contributed by atoms with E-state index in [4.69, 9.17) is 19.2 Å². The predicted octanol–water partition coefficient (Wildman–Crippen LogP) is 3.28. The van der Waals surface area contributed by atoms with Crippen molar-refractivity contribution in [1.82, 2.24) is 24.9 Å². The Morgan fingerprint density at radius 1 is 0.943 bits per heavy atom. The van der Waals surface area contributed by atoms with E-state index >= 15 is 0 Å². The zero-order valence-corrected chi connectivity index (χ0v) is 20.4. The van der Waals surface area contributed by atoms with Crippen LogP contribution in [0.5, 0.6) is 17.2 Å². The second-order valence-corrected chi connectivity index (χ2v) is 8.00. The molecule has 0 aliphatic rings. The summed E-state index contributed by atoms with van der Waals surface area (Å²) < 4.78 is 18.1. The Morgan fingerprint density at radius 3 is 2.43 bits per heavy atom. The minimum absolute atomic E-state index is 0.0116. The molecule has 2 aromatic carbocycles. The zero-order chi connectivity index (χ0) is 24.8. The second kappa shape index (κ2) is 11.0. The number of carbonyl (C=O) groups is 1. The number of carbonyl (C=O) groups excluding carboxylic acids is 1. The third kappa shape index (κ3) is 5.12. The summed E-state index contributed by atoms with van der Waals surface area (Å²) in [5.41, 5.74) is 2.84. The van der Waals surface area contributed by atoms with Crippen molar-refractivity contribution in [2.24, 2.45) is 0 Å². The number of nitrogens with one attached hydrogen (secondary N) is 2. The van der Waals surface area contributed by atoms with Gasteiger partial charge in [0.15, 0.2) is 23.1 Å². The number of ether oxygens (including phenoxy) is 3. The van der Waals surface area contributed by atoms with Crippen molar-refractivity contribution in [3.8, 4) is 17.2 Å². The number of rotatable bonds is 12. The molecule has 2 N–H and O–H groups in total. The number of Topliss-reactive ketones (excluding diaryl/α,β-unsaturated/α-hetero) is 1. The number of benzene rings is 2. The number of methoxy groups -OCH3 is 3. The molecule has 0 saturated carbocycles. The quantitative estimate of drug-likeness (QED) is 0.234. The van der Waals surface area contributed by atoms with E-state index in [9.17, 15) is 4.79 Å². The molecule has 2 heterocycles. The minimum Gasteiger partial charge on any atom is -0.496 e. The first kappa shape index (κ1) is 24.2. The van der Waals surface area contributed by atoms with Crippen LogP contribution in [0.3, 0.4) is 0 Å². The molecule has 35 heavy (non-hydrogen) atoms. The van der Waals surface area contributed by atoms with Crippen LogP contribution in [0.1, 0.15) is 29.0 Å². The third-order valence-corrected chi connectivity index (χ3v) is 5.76. The van der Waals surface area contributed by atoms with Gasteiger partial charge in [-0.05, 0) is 38.4 Å². The van der Waals surface area contributed by atoms with Crippen LogP contribution in [0.4, 0.5) is 5.82 Å². The molecule has 4 aromatic rings. The van der Waals surface area contributed by atoms with Crippen LogP contribution in [0.15, 0.2) is 36.4 Å². The fourth-order valence-electron chi connectivity index (χ4n) is 3.97. The molecule has 10 nitrogen and oxygen atoms in total. The van der Waals surface area contributed by atoms with Crippen LogP contribution in [0, 0.1) is 6.92 Å². The largest absolute Gasteiger partial charge is 0.496 e. The highest BCUT2D eigenvalue weighted by atomic mass is 16.5. The molecule has 0 amide bonds. The van der Waals surface area contributed by atoms with Crippen molar-refractivity contribution < 1.29 is 19.0 Å². The fraction of sp³-hybridized carbons (Fsp3) is 0.360. The average molecular weight is 479 g/mol. The van der Waals surface area contributed by atoms with E-state index in [1.807, 2.05) is 35.6 Å². The van der Waals surface area contributed by atoms with E-state index in [0.29, 0.717) is 40.8 Å². The van der Waals surface area contributed by atoms with E-state index in [0.717, 1.165) is 36.2 Å². The van der Waals surface area contributed by atoms with E-state index < -0.39 is 0 Å². The van der Waals surface area contributed by atoms with Crippen LogP contribution >= 0.6 is 0 Å². The van der Waals surface area contributed by atoms with E-state index in [2.05, 4.69) is 20.8 Å². The van der Waals surface area contributed by atoms with Gasteiger partial charge in [0.05, 0.1) is 44.5 Å². The molecule has 0 aliphatic carbocycles. The first-order chi connectivity index (χ1) is 17.1. The van der Waals surface area contributed by atoms with E-state index in [1.54, 1.807) is 33.5 Å². The first-order valence-electron chi connectivity index (χ1n) is 11.5. The maximum atomic E-state index is 12.4. The van der Waals surface area contributed by atoms with Gasteiger partial charge in [-0.3, -0.25) is 9.20 Å². The van der Waals surface area contributed by atoms with Crippen LogP contribution in [0.2, 0.25) is 0 Å². The molecule has 0 bridgehead atoms. The number of nitrogens with zero attached hydrogens (tertiary/aromatic N) is 4. The normalized spacial score (nSPS) is 11.1. The molecule has 10 heteroatoms. The molecule has 2 aromatic heterocycles. The lowest BCUT2D eigenvalue weighted by atomic mass is 10.1. The van der Waals surface area contributed by atoms with Gasteiger partial charge in [-0.1, -0.05) is 12.1 Å². The Hall–Kier alpha value is -3.92. The Labute approximate surface area is 203 Å². The zero-order valence-electron chi connectivity index (χ0n) is 20.4. The average Bonchev–Trinajstić information content (AvgIpc) is 3.28. The smallest absolute Gasteiger partial charge is 0.204 e. The monoisotopic (exact) mass is 478 g/mol. The summed E-state index contributed by atoms with van der Waals surface area (Å²) in [7, 11) is 4.77. The minimum atomic E-state index is 0.0116. The summed E-state index contributed by atoms with van der Waals surface area (Å²) in [5, 5.41) is 15.1. The van der Waals surface area contributed by atoms with E-state index in [1.165, 1.54) is 0 Å². The molecule has 0 saturated heterocycles. The van der Waals surface area contributed by atoms with Crippen LogP contribution < -0.4 is 24.8 Å².